The summed E-state index contributed by atoms with van der Waals surface area (Å²) in [6.45, 7) is 1.75. The van der Waals surface area contributed by atoms with E-state index in [1.54, 1.807) is 0 Å². The average molecular weight is 255 g/mol. The van der Waals surface area contributed by atoms with Crippen molar-refractivity contribution < 1.29 is 33.0 Å². The van der Waals surface area contributed by atoms with E-state index >= 15 is 0 Å². The number of piperidine rings is 1. The zero-order valence-corrected chi connectivity index (χ0v) is 8.75. The van der Waals surface area contributed by atoms with Crippen molar-refractivity contribution in [3.05, 3.63) is 11.6 Å². The first-order valence-corrected chi connectivity index (χ1v) is 4.66. The highest BCUT2D eigenvalue weighted by atomic mass is 19.4. The molecule has 8 heteroatoms. The molecule has 0 aromatic carbocycles. The Morgan fingerprint density at radius 2 is 1.82 bits per heavy atom. The monoisotopic (exact) mass is 255 g/mol. The SMILES string of the molecule is O=C(O)C(F)(F)F.O=C(O)C=C1CCCNC1. The van der Waals surface area contributed by atoms with Crippen LogP contribution < -0.4 is 5.32 Å². The number of carboxylic acid groups (broad SMARTS) is 2. The smallest absolute Gasteiger partial charge is 0.478 e. The molecule has 0 radical (unpaired) electrons. The van der Waals surface area contributed by atoms with Crippen LogP contribution in [0.3, 0.4) is 0 Å². The predicted molar refractivity (Wildman–Crippen MR) is 51.5 cm³/mol. The van der Waals surface area contributed by atoms with Gasteiger partial charge in [-0.25, -0.2) is 9.59 Å². The maximum atomic E-state index is 10.6. The van der Waals surface area contributed by atoms with Crippen LogP contribution in [0.5, 0.6) is 0 Å². The largest absolute Gasteiger partial charge is 0.490 e. The lowest BCUT2D eigenvalue weighted by Gasteiger charge is -2.13. The maximum Gasteiger partial charge on any atom is 0.490 e. The number of rotatable bonds is 1. The second kappa shape index (κ2) is 6.89. The molecular weight excluding hydrogens is 243 g/mol. The van der Waals surface area contributed by atoms with Crippen LogP contribution >= 0.6 is 0 Å². The molecule has 1 heterocycles. The van der Waals surface area contributed by atoms with Gasteiger partial charge in [0.15, 0.2) is 0 Å². The van der Waals surface area contributed by atoms with Crippen molar-refractivity contribution in [3.63, 3.8) is 0 Å². The Morgan fingerprint density at radius 3 is 2.12 bits per heavy atom. The minimum atomic E-state index is -5.08. The lowest BCUT2D eigenvalue weighted by molar-refractivity contribution is -0.192. The van der Waals surface area contributed by atoms with Crippen molar-refractivity contribution in [2.75, 3.05) is 13.1 Å². The van der Waals surface area contributed by atoms with Crippen LogP contribution in [0.2, 0.25) is 0 Å². The second-order valence-corrected chi connectivity index (χ2v) is 3.22. The summed E-state index contributed by atoms with van der Waals surface area (Å²) in [6, 6.07) is 0. The van der Waals surface area contributed by atoms with Gasteiger partial charge < -0.3 is 15.5 Å². The van der Waals surface area contributed by atoms with Gasteiger partial charge in [0.1, 0.15) is 0 Å². The molecule has 3 N–H and O–H groups in total. The Labute approximate surface area is 94.9 Å². The highest BCUT2D eigenvalue weighted by molar-refractivity contribution is 5.80. The molecule has 1 rings (SSSR count). The number of halogens is 3. The third kappa shape index (κ3) is 8.26. The Hall–Kier alpha value is -1.57. The minimum Gasteiger partial charge on any atom is -0.478 e. The summed E-state index contributed by atoms with van der Waals surface area (Å²) in [5.41, 5.74) is 0.999. The fourth-order valence-electron chi connectivity index (χ4n) is 1.08. The summed E-state index contributed by atoms with van der Waals surface area (Å²) in [4.78, 5) is 19.1. The summed E-state index contributed by atoms with van der Waals surface area (Å²) in [5.74, 6) is -3.59. The van der Waals surface area contributed by atoms with E-state index in [1.807, 2.05) is 0 Å². The van der Waals surface area contributed by atoms with Gasteiger partial charge in [-0.3, -0.25) is 0 Å². The van der Waals surface area contributed by atoms with Crippen molar-refractivity contribution in [1.29, 1.82) is 0 Å². The molecule has 0 saturated carbocycles. The Kier molecular flexibility index (Phi) is 6.26. The Morgan fingerprint density at radius 1 is 1.29 bits per heavy atom. The van der Waals surface area contributed by atoms with Crippen LogP contribution in [0.25, 0.3) is 0 Å². The zero-order chi connectivity index (χ0) is 13.5. The van der Waals surface area contributed by atoms with Gasteiger partial charge in [0.05, 0.1) is 0 Å². The summed E-state index contributed by atoms with van der Waals surface area (Å²) in [6.07, 6.45) is -1.80. The quantitative estimate of drug-likeness (QED) is 0.609. The van der Waals surface area contributed by atoms with Crippen LogP contribution in [0.1, 0.15) is 12.8 Å². The van der Waals surface area contributed by atoms with Crippen LogP contribution in [0, 0.1) is 0 Å². The molecule has 5 nitrogen and oxygen atoms in total. The fourth-order valence-corrected chi connectivity index (χ4v) is 1.08. The lowest BCUT2D eigenvalue weighted by atomic mass is 10.1. The number of alkyl halides is 3. The minimum absolute atomic E-state index is 0.742. The van der Waals surface area contributed by atoms with Crippen LogP contribution in [0.4, 0.5) is 13.2 Å². The molecule has 0 bridgehead atoms. The van der Waals surface area contributed by atoms with Gasteiger partial charge in [0, 0.05) is 12.6 Å². The third-order valence-corrected chi connectivity index (χ3v) is 1.77. The average Bonchev–Trinajstić information content (AvgIpc) is 2.17. The molecule has 0 aromatic rings. The van der Waals surface area contributed by atoms with E-state index < -0.39 is 18.1 Å². The van der Waals surface area contributed by atoms with E-state index in [-0.39, 0.29) is 0 Å². The Bertz CT molecular complexity index is 304. The Balaban J connectivity index is 0.000000325. The van der Waals surface area contributed by atoms with E-state index in [1.165, 1.54) is 6.08 Å². The molecule has 0 aliphatic carbocycles. The number of aliphatic carboxylic acids is 2. The number of hydrogen-bond donors (Lipinski definition) is 3. The fraction of sp³-hybridized carbons (Fsp3) is 0.556. The standard InChI is InChI=1S/C7H11NO2.C2HF3O2/c9-7(10)4-6-2-1-3-8-5-6;3-2(4,5)1(6)7/h4,8H,1-3,5H2,(H,9,10);(H,6,7). The molecule has 17 heavy (non-hydrogen) atoms. The molecule has 1 aliphatic rings. The van der Waals surface area contributed by atoms with E-state index in [0.717, 1.165) is 31.5 Å². The highest BCUT2D eigenvalue weighted by Gasteiger charge is 2.38. The number of hydrogen-bond acceptors (Lipinski definition) is 3. The lowest BCUT2D eigenvalue weighted by Crippen LogP contribution is -2.24. The first kappa shape index (κ1) is 15.4. The predicted octanol–water partition coefficient (Wildman–Crippen LogP) is 1.01. The highest BCUT2D eigenvalue weighted by Crippen LogP contribution is 2.13. The molecule has 0 aromatic heterocycles. The topological polar surface area (TPSA) is 86.6 Å². The first-order valence-electron chi connectivity index (χ1n) is 4.66. The van der Waals surface area contributed by atoms with Crippen LogP contribution in [0.15, 0.2) is 11.6 Å². The van der Waals surface area contributed by atoms with Gasteiger partial charge in [-0.2, -0.15) is 13.2 Å². The molecule has 0 atom stereocenters. The summed E-state index contributed by atoms with van der Waals surface area (Å²) >= 11 is 0. The zero-order valence-electron chi connectivity index (χ0n) is 8.75. The molecule has 0 amide bonds. The van der Waals surface area contributed by atoms with E-state index in [4.69, 9.17) is 15.0 Å². The van der Waals surface area contributed by atoms with Gasteiger partial charge in [-0.05, 0) is 25.0 Å². The van der Waals surface area contributed by atoms with E-state index in [2.05, 4.69) is 5.32 Å². The van der Waals surface area contributed by atoms with Crippen molar-refractivity contribution in [2.24, 2.45) is 0 Å². The normalized spacial score (nSPS) is 18.2. The number of carboxylic acids is 2. The van der Waals surface area contributed by atoms with Crippen molar-refractivity contribution in [2.45, 2.75) is 19.0 Å². The van der Waals surface area contributed by atoms with Crippen molar-refractivity contribution >= 4 is 11.9 Å². The number of carbonyl (C=O) groups is 2. The van der Waals surface area contributed by atoms with Crippen LogP contribution in [-0.4, -0.2) is 41.4 Å². The van der Waals surface area contributed by atoms with Gasteiger partial charge in [-0.15, -0.1) is 0 Å². The van der Waals surface area contributed by atoms with Gasteiger partial charge in [0.2, 0.25) is 0 Å². The summed E-state index contributed by atoms with van der Waals surface area (Å²) in [5, 5.41) is 18.6. The third-order valence-electron chi connectivity index (χ3n) is 1.77. The van der Waals surface area contributed by atoms with E-state index in [0.29, 0.717) is 0 Å². The molecule has 0 spiro atoms. The molecule has 1 fully saturated rings. The molecule has 1 saturated heterocycles. The van der Waals surface area contributed by atoms with E-state index in [9.17, 15) is 18.0 Å². The molecule has 0 unspecified atom stereocenters. The summed E-state index contributed by atoms with van der Waals surface area (Å²) < 4.78 is 31.7. The van der Waals surface area contributed by atoms with Crippen LogP contribution in [-0.2, 0) is 9.59 Å². The number of nitrogens with one attached hydrogen (secondary N) is 1. The van der Waals surface area contributed by atoms with Crippen molar-refractivity contribution in [1.82, 2.24) is 5.32 Å². The molecule has 98 valence electrons. The first-order chi connectivity index (χ1) is 7.73. The van der Waals surface area contributed by atoms with Gasteiger partial charge in [0.25, 0.3) is 0 Å². The van der Waals surface area contributed by atoms with Crippen molar-refractivity contribution in [3.8, 4) is 0 Å². The second-order valence-electron chi connectivity index (χ2n) is 3.22. The van der Waals surface area contributed by atoms with Gasteiger partial charge in [-0.1, -0.05) is 0 Å². The molecular formula is C9H12F3NO4. The summed E-state index contributed by atoms with van der Waals surface area (Å²) in [7, 11) is 0. The maximum absolute atomic E-state index is 10.6. The molecule has 1 aliphatic heterocycles. The van der Waals surface area contributed by atoms with Gasteiger partial charge >= 0.3 is 18.1 Å².